The van der Waals surface area contributed by atoms with Crippen molar-refractivity contribution in [1.82, 2.24) is 4.98 Å². The smallest absolute Gasteiger partial charge is 0.357 e. The number of carbonyl (C=O) groups is 3. The summed E-state index contributed by atoms with van der Waals surface area (Å²) in [5.41, 5.74) is 6.85. The largest absolute Gasteiger partial charge is 0.462 e. The van der Waals surface area contributed by atoms with Crippen molar-refractivity contribution < 1.29 is 28.6 Å². The number of nitrogen functional groups attached to an aromatic ring is 1. The molecular formula is C21H20N2O6S. The Bertz CT molecular complexity index is 1110. The van der Waals surface area contributed by atoms with Crippen molar-refractivity contribution in [3.8, 4) is 0 Å². The number of para-hydroxylation sites is 1. The molecule has 2 aromatic heterocycles. The third-order valence-electron chi connectivity index (χ3n) is 4.13. The van der Waals surface area contributed by atoms with Crippen molar-refractivity contribution in [1.29, 1.82) is 0 Å². The molecule has 0 unspecified atom stereocenters. The molecule has 0 amide bonds. The van der Waals surface area contributed by atoms with Gasteiger partial charge in [0.2, 0.25) is 0 Å². The van der Waals surface area contributed by atoms with Crippen LogP contribution in [-0.2, 0) is 20.8 Å². The summed E-state index contributed by atoms with van der Waals surface area (Å²) in [6.07, 6.45) is 0. The van der Waals surface area contributed by atoms with E-state index in [-0.39, 0.29) is 46.5 Å². The topological polar surface area (TPSA) is 118 Å². The normalized spacial score (nSPS) is 10.6. The first-order chi connectivity index (χ1) is 14.5. The first kappa shape index (κ1) is 21.3. The lowest BCUT2D eigenvalue weighted by molar-refractivity contribution is 0.0433. The van der Waals surface area contributed by atoms with E-state index in [1.54, 1.807) is 32.0 Å². The number of esters is 3. The minimum Gasteiger partial charge on any atom is -0.462 e. The van der Waals surface area contributed by atoms with Gasteiger partial charge in [0.25, 0.3) is 0 Å². The molecule has 3 rings (SSSR count). The minimum absolute atomic E-state index is 0.00386. The molecule has 0 aliphatic heterocycles. The van der Waals surface area contributed by atoms with E-state index in [0.717, 1.165) is 16.7 Å². The molecule has 2 N–H and O–H groups in total. The molecular weight excluding hydrogens is 408 g/mol. The van der Waals surface area contributed by atoms with Gasteiger partial charge < -0.3 is 19.9 Å². The van der Waals surface area contributed by atoms with Gasteiger partial charge in [-0.1, -0.05) is 24.3 Å². The quantitative estimate of drug-likeness (QED) is 0.448. The van der Waals surface area contributed by atoms with E-state index < -0.39 is 17.9 Å². The van der Waals surface area contributed by atoms with Crippen LogP contribution in [0.4, 0.5) is 5.00 Å². The van der Waals surface area contributed by atoms with Gasteiger partial charge in [0, 0.05) is 10.9 Å². The molecule has 3 aromatic rings. The number of aromatic nitrogens is 1. The molecule has 156 valence electrons. The number of anilines is 1. The van der Waals surface area contributed by atoms with Gasteiger partial charge in [-0.15, -0.1) is 11.3 Å². The highest BCUT2D eigenvalue weighted by atomic mass is 32.1. The predicted octanol–water partition coefficient (Wildman–Crippen LogP) is 3.59. The molecule has 8 nitrogen and oxygen atoms in total. The summed E-state index contributed by atoms with van der Waals surface area (Å²) in [4.78, 5) is 41.6. The van der Waals surface area contributed by atoms with Crippen LogP contribution in [0.15, 0.2) is 36.4 Å². The summed E-state index contributed by atoms with van der Waals surface area (Å²) in [5, 5.41) is 0.972. The maximum absolute atomic E-state index is 12.5. The number of nitrogens with zero attached hydrogens (tertiary/aromatic N) is 1. The third kappa shape index (κ3) is 4.41. The molecule has 0 saturated carbocycles. The fourth-order valence-electron chi connectivity index (χ4n) is 2.80. The second-order valence-corrected chi connectivity index (χ2v) is 7.11. The molecule has 0 spiro atoms. The fourth-order valence-corrected chi connectivity index (χ4v) is 3.76. The van der Waals surface area contributed by atoms with Crippen LogP contribution in [0.3, 0.4) is 0 Å². The SMILES string of the molecule is CCOC(=O)c1sc(N)c(C(=O)OCC)c1COC(=O)c1ccc2ccccc2n1. The Hall–Kier alpha value is -3.46. The maximum Gasteiger partial charge on any atom is 0.357 e. The fraction of sp³-hybridized carbons (Fsp3) is 0.238. The van der Waals surface area contributed by atoms with Crippen LogP contribution in [0.25, 0.3) is 10.9 Å². The predicted molar refractivity (Wildman–Crippen MR) is 112 cm³/mol. The third-order valence-corrected chi connectivity index (χ3v) is 5.17. The van der Waals surface area contributed by atoms with Gasteiger partial charge >= 0.3 is 17.9 Å². The van der Waals surface area contributed by atoms with Crippen molar-refractivity contribution >= 4 is 45.1 Å². The van der Waals surface area contributed by atoms with Crippen molar-refractivity contribution in [2.75, 3.05) is 18.9 Å². The molecule has 0 saturated heterocycles. The Morgan fingerprint density at radius 2 is 1.63 bits per heavy atom. The number of ether oxygens (including phenoxy) is 3. The number of nitrogens with two attached hydrogens (primary N) is 1. The maximum atomic E-state index is 12.5. The molecule has 0 fully saturated rings. The first-order valence-electron chi connectivity index (χ1n) is 9.24. The van der Waals surface area contributed by atoms with Crippen molar-refractivity contribution in [3.05, 3.63) is 58.1 Å². The van der Waals surface area contributed by atoms with Crippen molar-refractivity contribution in [3.63, 3.8) is 0 Å². The van der Waals surface area contributed by atoms with Crippen LogP contribution in [-0.4, -0.2) is 36.1 Å². The van der Waals surface area contributed by atoms with E-state index in [2.05, 4.69) is 4.98 Å². The molecule has 0 atom stereocenters. The zero-order valence-corrected chi connectivity index (χ0v) is 17.3. The second-order valence-electron chi connectivity index (χ2n) is 6.06. The van der Waals surface area contributed by atoms with E-state index in [1.807, 2.05) is 18.2 Å². The minimum atomic E-state index is -0.699. The van der Waals surface area contributed by atoms with E-state index in [9.17, 15) is 14.4 Å². The lowest BCUT2D eigenvalue weighted by atomic mass is 10.1. The number of rotatable bonds is 7. The summed E-state index contributed by atoms with van der Waals surface area (Å²) < 4.78 is 15.4. The highest BCUT2D eigenvalue weighted by molar-refractivity contribution is 7.18. The van der Waals surface area contributed by atoms with Gasteiger partial charge in [0.05, 0.1) is 18.7 Å². The Morgan fingerprint density at radius 3 is 2.37 bits per heavy atom. The zero-order valence-electron chi connectivity index (χ0n) is 16.5. The molecule has 0 radical (unpaired) electrons. The van der Waals surface area contributed by atoms with Gasteiger partial charge in [0.1, 0.15) is 27.7 Å². The van der Waals surface area contributed by atoms with Crippen molar-refractivity contribution in [2.24, 2.45) is 0 Å². The number of pyridine rings is 1. The van der Waals surface area contributed by atoms with Crippen LogP contribution in [0.5, 0.6) is 0 Å². The summed E-state index contributed by atoms with van der Waals surface area (Å²) >= 11 is 0.888. The summed E-state index contributed by atoms with van der Waals surface area (Å²) in [6, 6.07) is 10.7. The number of benzene rings is 1. The number of hydrogen-bond donors (Lipinski definition) is 1. The van der Waals surface area contributed by atoms with Crippen LogP contribution in [0.1, 0.15) is 49.9 Å². The van der Waals surface area contributed by atoms with Gasteiger partial charge in [-0.3, -0.25) is 0 Å². The molecule has 2 heterocycles. The Labute approximate surface area is 176 Å². The lowest BCUT2D eigenvalue weighted by Gasteiger charge is -2.09. The van der Waals surface area contributed by atoms with Crippen LogP contribution in [0.2, 0.25) is 0 Å². The average Bonchev–Trinajstić information content (AvgIpc) is 3.08. The summed E-state index contributed by atoms with van der Waals surface area (Å²) in [6.45, 7) is 3.22. The van der Waals surface area contributed by atoms with Crippen LogP contribution in [0, 0.1) is 0 Å². The lowest BCUT2D eigenvalue weighted by Crippen LogP contribution is -2.14. The highest BCUT2D eigenvalue weighted by Crippen LogP contribution is 2.33. The number of thiophene rings is 1. The monoisotopic (exact) mass is 428 g/mol. The van der Waals surface area contributed by atoms with E-state index in [0.29, 0.717) is 5.52 Å². The number of hydrogen-bond acceptors (Lipinski definition) is 9. The van der Waals surface area contributed by atoms with Crippen LogP contribution < -0.4 is 5.73 Å². The van der Waals surface area contributed by atoms with E-state index in [1.165, 1.54) is 0 Å². The van der Waals surface area contributed by atoms with Gasteiger partial charge in [0.15, 0.2) is 0 Å². The number of carbonyl (C=O) groups excluding carboxylic acids is 3. The molecule has 30 heavy (non-hydrogen) atoms. The summed E-state index contributed by atoms with van der Waals surface area (Å²) in [7, 11) is 0. The Balaban J connectivity index is 1.88. The van der Waals surface area contributed by atoms with Gasteiger partial charge in [-0.25, -0.2) is 19.4 Å². The standard InChI is InChI=1S/C21H20N2O6S/c1-3-27-20(25)16-13(17(30-18(16)22)21(26)28-4-2)11-29-19(24)15-10-9-12-7-5-6-8-14(12)23-15/h5-10H,3-4,11,22H2,1-2H3. The average molecular weight is 428 g/mol. The molecule has 0 aliphatic rings. The van der Waals surface area contributed by atoms with E-state index >= 15 is 0 Å². The van der Waals surface area contributed by atoms with Crippen LogP contribution >= 0.6 is 11.3 Å². The Morgan fingerprint density at radius 1 is 0.933 bits per heavy atom. The molecule has 0 bridgehead atoms. The van der Waals surface area contributed by atoms with E-state index in [4.69, 9.17) is 19.9 Å². The number of fused-ring (bicyclic) bond motifs is 1. The zero-order chi connectivity index (χ0) is 21.7. The summed E-state index contributed by atoms with van der Waals surface area (Å²) in [5.74, 6) is -2.05. The first-order valence-corrected chi connectivity index (χ1v) is 10.1. The van der Waals surface area contributed by atoms with Gasteiger partial charge in [-0.05, 0) is 26.0 Å². The van der Waals surface area contributed by atoms with Gasteiger partial charge in [-0.2, -0.15) is 0 Å². The molecule has 9 heteroatoms. The Kier molecular flexibility index (Phi) is 6.63. The highest BCUT2D eigenvalue weighted by Gasteiger charge is 2.28. The molecule has 1 aromatic carbocycles. The second kappa shape index (κ2) is 9.36. The molecule has 0 aliphatic carbocycles. The van der Waals surface area contributed by atoms with Crippen molar-refractivity contribution in [2.45, 2.75) is 20.5 Å².